The number of rotatable bonds is 5. The number of thioether (sulfide) groups is 1. The maximum Gasteiger partial charge on any atom is 0.295 e. The molecular formula is C16H13FN2O5S. The van der Waals surface area contributed by atoms with Crippen molar-refractivity contribution in [1.82, 2.24) is 0 Å². The standard InChI is InChI=1S/C16H13FN2O5S/c17-10-1-3-12(13(7-10)19(21)22)18-16(20)9-25-11-2-4-14-15(8-11)24-6-5-23-14/h1-4,7-8H,5-6,9H2,(H,18,20). The largest absolute Gasteiger partial charge is 0.486 e. The van der Waals surface area contributed by atoms with Crippen LogP contribution in [0.1, 0.15) is 0 Å². The average molecular weight is 364 g/mol. The Balaban J connectivity index is 1.63. The highest BCUT2D eigenvalue weighted by atomic mass is 32.2. The normalized spacial score (nSPS) is 12.5. The SMILES string of the molecule is O=C(CSc1ccc2c(c1)OCCO2)Nc1ccc(F)cc1[N+](=O)[O-]. The molecule has 0 bridgehead atoms. The van der Waals surface area contributed by atoms with E-state index in [0.717, 1.165) is 17.0 Å². The quantitative estimate of drug-likeness (QED) is 0.498. The minimum Gasteiger partial charge on any atom is -0.486 e. The van der Waals surface area contributed by atoms with Gasteiger partial charge in [0.2, 0.25) is 5.91 Å². The number of anilines is 1. The number of carbonyl (C=O) groups excluding carboxylic acids is 1. The fourth-order valence-electron chi connectivity index (χ4n) is 2.21. The molecule has 0 saturated carbocycles. The predicted octanol–water partition coefficient (Wildman–Crippen LogP) is 3.24. The number of nitro groups is 1. The molecule has 0 radical (unpaired) electrons. The molecule has 25 heavy (non-hydrogen) atoms. The molecule has 0 unspecified atom stereocenters. The highest BCUT2D eigenvalue weighted by Crippen LogP contribution is 2.34. The minimum absolute atomic E-state index is 0.0359. The third kappa shape index (κ3) is 4.18. The summed E-state index contributed by atoms with van der Waals surface area (Å²) in [6, 6.07) is 8.32. The average Bonchev–Trinajstić information content (AvgIpc) is 2.61. The second-order valence-electron chi connectivity index (χ2n) is 5.06. The van der Waals surface area contributed by atoms with Gasteiger partial charge in [-0.3, -0.25) is 14.9 Å². The molecule has 0 spiro atoms. The Labute approximate surface area is 146 Å². The Hall–Kier alpha value is -2.81. The Morgan fingerprint density at radius 3 is 2.72 bits per heavy atom. The summed E-state index contributed by atoms with van der Waals surface area (Å²) in [6.07, 6.45) is 0. The summed E-state index contributed by atoms with van der Waals surface area (Å²) in [6.45, 7) is 0.966. The summed E-state index contributed by atoms with van der Waals surface area (Å²) in [7, 11) is 0. The Bertz CT molecular complexity index is 830. The number of halogens is 1. The summed E-state index contributed by atoms with van der Waals surface area (Å²) in [4.78, 5) is 23.0. The van der Waals surface area contributed by atoms with Crippen molar-refractivity contribution in [3.63, 3.8) is 0 Å². The summed E-state index contributed by atoms with van der Waals surface area (Å²) in [5.74, 6) is 0.131. The van der Waals surface area contributed by atoms with Crippen LogP contribution >= 0.6 is 11.8 Å². The van der Waals surface area contributed by atoms with Gasteiger partial charge in [-0.15, -0.1) is 11.8 Å². The van der Waals surface area contributed by atoms with Crippen molar-refractivity contribution in [3.8, 4) is 11.5 Å². The molecule has 2 aromatic carbocycles. The third-order valence-electron chi connectivity index (χ3n) is 3.31. The van der Waals surface area contributed by atoms with Crippen molar-refractivity contribution in [2.75, 3.05) is 24.3 Å². The van der Waals surface area contributed by atoms with Crippen molar-refractivity contribution < 1.29 is 23.6 Å². The van der Waals surface area contributed by atoms with E-state index in [9.17, 15) is 19.3 Å². The molecule has 0 fully saturated rings. The molecule has 9 heteroatoms. The number of ether oxygens (including phenoxy) is 2. The zero-order chi connectivity index (χ0) is 17.8. The van der Waals surface area contributed by atoms with Gasteiger partial charge in [0.25, 0.3) is 5.69 Å². The highest BCUT2D eigenvalue weighted by molar-refractivity contribution is 8.00. The lowest BCUT2D eigenvalue weighted by molar-refractivity contribution is -0.384. The summed E-state index contributed by atoms with van der Waals surface area (Å²) >= 11 is 1.25. The number of hydrogen-bond acceptors (Lipinski definition) is 6. The molecule has 7 nitrogen and oxygen atoms in total. The highest BCUT2D eigenvalue weighted by Gasteiger charge is 2.17. The van der Waals surface area contributed by atoms with Crippen LogP contribution in [0.3, 0.4) is 0 Å². The van der Waals surface area contributed by atoms with Gasteiger partial charge in [0.05, 0.1) is 16.7 Å². The maximum atomic E-state index is 13.1. The van der Waals surface area contributed by atoms with Gasteiger partial charge in [0.1, 0.15) is 24.7 Å². The van der Waals surface area contributed by atoms with Crippen molar-refractivity contribution in [3.05, 3.63) is 52.3 Å². The summed E-state index contributed by atoms with van der Waals surface area (Å²) in [5, 5.41) is 13.4. The van der Waals surface area contributed by atoms with Gasteiger partial charge in [-0.1, -0.05) is 0 Å². The Kier molecular flexibility index (Phi) is 5.03. The van der Waals surface area contributed by atoms with Crippen LogP contribution in [0.25, 0.3) is 0 Å². The van der Waals surface area contributed by atoms with E-state index in [4.69, 9.17) is 9.47 Å². The van der Waals surface area contributed by atoms with Crippen LogP contribution < -0.4 is 14.8 Å². The van der Waals surface area contributed by atoms with Crippen LogP contribution in [0.5, 0.6) is 11.5 Å². The number of carbonyl (C=O) groups is 1. The van der Waals surface area contributed by atoms with E-state index in [2.05, 4.69) is 5.32 Å². The number of benzene rings is 2. The van der Waals surface area contributed by atoms with Gasteiger partial charge in [-0.05, 0) is 30.3 Å². The molecule has 2 aromatic rings. The lowest BCUT2D eigenvalue weighted by Crippen LogP contribution is -2.16. The first kappa shape index (κ1) is 17.0. The molecule has 0 aromatic heterocycles. The fourth-order valence-corrected chi connectivity index (χ4v) is 2.93. The molecule has 1 N–H and O–H groups in total. The van der Waals surface area contributed by atoms with Crippen molar-refractivity contribution in [2.45, 2.75) is 4.90 Å². The van der Waals surface area contributed by atoms with Gasteiger partial charge < -0.3 is 14.8 Å². The molecule has 0 aliphatic carbocycles. The molecule has 0 atom stereocenters. The zero-order valence-corrected chi connectivity index (χ0v) is 13.7. The molecule has 1 aliphatic rings. The first-order valence-electron chi connectivity index (χ1n) is 7.29. The van der Waals surface area contributed by atoms with Gasteiger partial charge in [0.15, 0.2) is 11.5 Å². The van der Waals surface area contributed by atoms with Crippen LogP contribution in [0, 0.1) is 15.9 Å². The van der Waals surface area contributed by atoms with Crippen LogP contribution in [0.15, 0.2) is 41.3 Å². The maximum absolute atomic E-state index is 13.1. The first-order chi connectivity index (χ1) is 12.0. The lowest BCUT2D eigenvalue weighted by Gasteiger charge is -2.18. The number of nitro benzene ring substituents is 1. The van der Waals surface area contributed by atoms with Crippen molar-refractivity contribution in [2.24, 2.45) is 0 Å². The Morgan fingerprint density at radius 1 is 1.20 bits per heavy atom. The van der Waals surface area contributed by atoms with Crippen LogP contribution in [-0.4, -0.2) is 29.8 Å². The lowest BCUT2D eigenvalue weighted by atomic mass is 10.2. The van der Waals surface area contributed by atoms with E-state index < -0.39 is 22.3 Å². The van der Waals surface area contributed by atoms with Gasteiger partial charge >= 0.3 is 0 Å². The monoisotopic (exact) mass is 364 g/mol. The number of hydrogen-bond donors (Lipinski definition) is 1. The topological polar surface area (TPSA) is 90.7 Å². The smallest absolute Gasteiger partial charge is 0.295 e. The molecular weight excluding hydrogens is 351 g/mol. The van der Waals surface area contributed by atoms with E-state index in [1.165, 1.54) is 17.8 Å². The van der Waals surface area contributed by atoms with Gasteiger partial charge in [-0.25, -0.2) is 4.39 Å². The molecule has 3 rings (SSSR count). The molecule has 1 heterocycles. The van der Waals surface area contributed by atoms with Crippen LogP contribution in [0.2, 0.25) is 0 Å². The molecule has 0 saturated heterocycles. The van der Waals surface area contributed by atoms with Gasteiger partial charge in [0, 0.05) is 4.90 Å². The predicted molar refractivity (Wildman–Crippen MR) is 89.8 cm³/mol. The second-order valence-corrected chi connectivity index (χ2v) is 6.11. The van der Waals surface area contributed by atoms with Crippen LogP contribution in [0.4, 0.5) is 15.8 Å². The van der Waals surface area contributed by atoms with E-state index in [-0.39, 0.29) is 11.4 Å². The fraction of sp³-hybridized carbons (Fsp3) is 0.188. The second kappa shape index (κ2) is 7.39. The minimum atomic E-state index is -0.743. The number of nitrogens with zero attached hydrogens (tertiary/aromatic N) is 1. The van der Waals surface area contributed by atoms with Crippen molar-refractivity contribution in [1.29, 1.82) is 0 Å². The summed E-state index contributed by atoms with van der Waals surface area (Å²) in [5.41, 5.74) is -0.531. The summed E-state index contributed by atoms with van der Waals surface area (Å²) < 4.78 is 24.0. The van der Waals surface area contributed by atoms with Crippen LogP contribution in [-0.2, 0) is 4.79 Å². The van der Waals surface area contributed by atoms with Crippen molar-refractivity contribution >= 4 is 29.0 Å². The molecule has 130 valence electrons. The number of fused-ring (bicyclic) bond motifs is 1. The number of amides is 1. The van der Waals surface area contributed by atoms with E-state index in [0.29, 0.717) is 24.7 Å². The molecule has 1 aliphatic heterocycles. The van der Waals surface area contributed by atoms with E-state index >= 15 is 0 Å². The zero-order valence-electron chi connectivity index (χ0n) is 12.9. The van der Waals surface area contributed by atoms with Gasteiger partial charge in [-0.2, -0.15) is 0 Å². The number of nitrogens with one attached hydrogen (secondary N) is 1. The molecule has 1 amide bonds. The Morgan fingerprint density at radius 2 is 1.96 bits per heavy atom. The van der Waals surface area contributed by atoms with E-state index in [1.54, 1.807) is 18.2 Å². The van der Waals surface area contributed by atoms with E-state index in [1.807, 2.05) is 0 Å². The third-order valence-corrected chi connectivity index (χ3v) is 4.31. The first-order valence-corrected chi connectivity index (χ1v) is 8.28.